The Kier molecular flexibility index (Phi) is 3.33. The number of urea groups is 1. The van der Waals surface area contributed by atoms with Gasteiger partial charge < -0.3 is 16.0 Å². The van der Waals surface area contributed by atoms with Gasteiger partial charge in [0.05, 0.1) is 5.92 Å². The van der Waals surface area contributed by atoms with E-state index in [-0.39, 0.29) is 23.9 Å². The average molecular weight is 199 g/mol. The van der Waals surface area contributed by atoms with Gasteiger partial charge in [0.15, 0.2) is 0 Å². The number of carbonyl (C=O) groups is 2. The molecule has 2 unspecified atom stereocenters. The SMILES string of the molecule is CNC(=O)N1CC(C(N)=O)CCC1C. The zero-order chi connectivity index (χ0) is 10.7. The summed E-state index contributed by atoms with van der Waals surface area (Å²) in [5.74, 6) is -0.505. The molecule has 0 saturated carbocycles. The van der Waals surface area contributed by atoms with Gasteiger partial charge in [0.1, 0.15) is 0 Å². The van der Waals surface area contributed by atoms with E-state index in [1.54, 1.807) is 11.9 Å². The minimum absolute atomic E-state index is 0.136. The van der Waals surface area contributed by atoms with Crippen molar-refractivity contribution >= 4 is 11.9 Å². The van der Waals surface area contributed by atoms with Crippen molar-refractivity contribution in [2.75, 3.05) is 13.6 Å². The number of nitrogens with zero attached hydrogens (tertiary/aromatic N) is 1. The van der Waals surface area contributed by atoms with Crippen molar-refractivity contribution in [3.05, 3.63) is 0 Å². The molecule has 1 rings (SSSR count). The number of piperidine rings is 1. The Morgan fingerprint density at radius 3 is 2.57 bits per heavy atom. The van der Waals surface area contributed by atoms with Crippen LogP contribution >= 0.6 is 0 Å². The summed E-state index contributed by atoms with van der Waals surface area (Å²) >= 11 is 0. The van der Waals surface area contributed by atoms with Crippen molar-refractivity contribution < 1.29 is 9.59 Å². The molecule has 14 heavy (non-hydrogen) atoms. The maximum atomic E-state index is 11.4. The number of hydrogen-bond acceptors (Lipinski definition) is 2. The molecule has 0 aromatic rings. The highest BCUT2D eigenvalue weighted by Gasteiger charge is 2.30. The lowest BCUT2D eigenvalue weighted by molar-refractivity contribution is -0.123. The second kappa shape index (κ2) is 4.30. The van der Waals surface area contributed by atoms with E-state index in [1.165, 1.54) is 0 Å². The zero-order valence-electron chi connectivity index (χ0n) is 8.62. The van der Waals surface area contributed by atoms with Crippen molar-refractivity contribution in [1.82, 2.24) is 10.2 Å². The van der Waals surface area contributed by atoms with Gasteiger partial charge in [-0.2, -0.15) is 0 Å². The lowest BCUT2D eigenvalue weighted by atomic mass is 9.93. The van der Waals surface area contributed by atoms with Crippen molar-refractivity contribution in [3.8, 4) is 0 Å². The van der Waals surface area contributed by atoms with Gasteiger partial charge in [0, 0.05) is 19.6 Å². The lowest BCUT2D eigenvalue weighted by Gasteiger charge is -2.36. The van der Waals surface area contributed by atoms with Crippen molar-refractivity contribution in [2.45, 2.75) is 25.8 Å². The molecule has 3 N–H and O–H groups in total. The Balaban J connectivity index is 2.64. The molecule has 80 valence electrons. The monoisotopic (exact) mass is 199 g/mol. The summed E-state index contributed by atoms with van der Waals surface area (Å²) in [7, 11) is 1.59. The van der Waals surface area contributed by atoms with Crippen LogP contribution in [-0.4, -0.2) is 36.5 Å². The Morgan fingerprint density at radius 1 is 1.43 bits per heavy atom. The third kappa shape index (κ3) is 2.16. The Hall–Kier alpha value is -1.26. The molecule has 1 heterocycles. The topological polar surface area (TPSA) is 75.4 Å². The molecule has 5 nitrogen and oxygen atoms in total. The number of hydrogen-bond donors (Lipinski definition) is 2. The highest BCUT2D eigenvalue weighted by molar-refractivity contribution is 5.79. The first-order valence-electron chi connectivity index (χ1n) is 4.84. The number of nitrogens with two attached hydrogens (primary N) is 1. The molecule has 1 saturated heterocycles. The van der Waals surface area contributed by atoms with Crippen LogP contribution in [0.1, 0.15) is 19.8 Å². The second-order valence-corrected chi connectivity index (χ2v) is 3.73. The number of likely N-dealkylation sites (tertiary alicyclic amines) is 1. The Morgan fingerprint density at radius 2 is 2.07 bits per heavy atom. The fraction of sp³-hybridized carbons (Fsp3) is 0.778. The smallest absolute Gasteiger partial charge is 0.317 e. The van der Waals surface area contributed by atoms with E-state index in [0.717, 1.165) is 12.8 Å². The van der Waals surface area contributed by atoms with E-state index in [2.05, 4.69) is 5.32 Å². The standard InChI is InChI=1S/C9H17N3O2/c1-6-3-4-7(8(10)13)5-12(6)9(14)11-2/h6-7H,3-5H2,1-2H3,(H2,10,13)(H,11,14). The fourth-order valence-electron chi connectivity index (χ4n) is 1.77. The molecule has 0 aliphatic carbocycles. The normalized spacial score (nSPS) is 27.1. The highest BCUT2D eigenvalue weighted by Crippen LogP contribution is 2.21. The number of rotatable bonds is 1. The summed E-state index contributed by atoms with van der Waals surface area (Å²) in [6, 6.07) is 0.0500. The number of carbonyl (C=O) groups excluding carboxylic acids is 2. The number of amides is 3. The number of nitrogens with one attached hydrogen (secondary N) is 1. The molecule has 1 fully saturated rings. The maximum Gasteiger partial charge on any atom is 0.317 e. The summed E-state index contributed by atoms with van der Waals surface area (Å²) in [6.07, 6.45) is 1.62. The van der Waals surface area contributed by atoms with Gasteiger partial charge in [0.2, 0.25) is 5.91 Å². The third-order valence-corrected chi connectivity index (χ3v) is 2.76. The second-order valence-electron chi connectivity index (χ2n) is 3.73. The Bertz CT molecular complexity index is 242. The molecule has 2 atom stereocenters. The van der Waals surface area contributed by atoms with Gasteiger partial charge in [-0.1, -0.05) is 0 Å². The molecule has 0 radical (unpaired) electrons. The quantitative estimate of drug-likeness (QED) is 0.619. The molecular weight excluding hydrogens is 182 g/mol. The summed E-state index contributed by atoms with van der Waals surface area (Å²) in [5, 5.41) is 2.56. The largest absolute Gasteiger partial charge is 0.369 e. The number of primary amides is 1. The predicted octanol–water partition coefficient (Wildman–Crippen LogP) is -0.0884. The van der Waals surface area contributed by atoms with Gasteiger partial charge in [-0.3, -0.25) is 4.79 Å². The molecule has 0 bridgehead atoms. The molecule has 0 aromatic heterocycles. The van der Waals surface area contributed by atoms with Gasteiger partial charge >= 0.3 is 6.03 Å². The minimum atomic E-state index is -0.314. The summed E-state index contributed by atoms with van der Waals surface area (Å²) in [5.41, 5.74) is 5.22. The maximum absolute atomic E-state index is 11.4. The van der Waals surface area contributed by atoms with E-state index in [1.807, 2.05) is 6.92 Å². The van der Waals surface area contributed by atoms with E-state index in [0.29, 0.717) is 6.54 Å². The summed E-state index contributed by atoms with van der Waals surface area (Å²) in [6.45, 7) is 2.42. The van der Waals surface area contributed by atoms with Crippen LogP contribution in [0, 0.1) is 5.92 Å². The molecule has 0 spiro atoms. The van der Waals surface area contributed by atoms with E-state index < -0.39 is 0 Å². The van der Waals surface area contributed by atoms with Crippen LogP contribution in [0.25, 0.3) is 0 Å². The summed E-state index contributed by atoms with van der Waals surface area (Å²) < 4.78 is 0. The highest BCUT2D eigenvalue weighted by atomic mass is 16.2. The van der Waals surface area contributed by atoms with Crippen LogP contribution < -0.4 is 11.1 Å². The molecule has 3 amide bonds. The van der Waals surface area contributed by atoms with Crippen LogP contribution in [-0.2, 0) is 4.79 Å². The molecular formula is C9H17N3O2. The fourth-order valence-corrected chi connectivity index (χ4v) is 1.77. The van der Waals surface area contributed by atoms with Gasteiger partial charge in [-0.15, -0.1) is 0 Å². The van der Waals surface area contributed by atoms with Crippen LogP contribution in [0.3, 0.4) is 0 Å². The van der Waals surface area contributed by atoms with E-state index in [9.17, 15) is 9.59 Å². The first-order valence-corrected chi connectivity index (χ1v) is 4.84. The van der Waals surface area contributed by atoms with Gasteiger partial charge in [0.25, 0.3) is 0 Å². The average Bonchev–Trinajstić information content (AvgIpc) is 2.17. The van der Waals surface area contributed by atoms with Crippen molar-refractivity contribution in [2.24, 2.45) is 11.7 Å². The van der Waals surface area contributed by atoms with Crippen LogP contribution in [0.4, 0.5) is 4.79 Å². The lowest BCUT2D eigenvalue weighted by Crippen LogP contribution is -2.51. The van der Waals surface area contributed by atoms with E-state index in [4.69, 9.17) is 5.73 Å². The molecule has 1 aliphatic rings. The third-order valence-electron chi connectivity index (χ3n) is 2.76. The van der Waals surface area contributed by atoms with Crippen LogP contribution in [0.5, 0.6) is 0 Å². The zero-order valence-corrected chi connectivity index (χ0v) is 8.62. The molecule has 1 aliphatic heterocycles. The Labute approximate surface area is 83.6 Å². The first kappa shape index (κ1) is 10.8. The molecule has 0 aromatic carbocycles. The van der Waals surface area contributed by atoms with Gasteiger partial charge in [-0.05, 0) is 19.8 Å². The van der Waals surface area contributed by atoms with Crippen molar-refractivity contribution in [3.63, 3.8) is 0 Å². The molecule has 5 heteroatoms. The summed E-state index contributed by atoms with van der Waals surface area (Å²) in [4.78, 5) is 24.1. The van der Waals surface area contributed by atoms with Gasteiger partial charge in [-0.25, -0.2) is 4.79 Å². The minimum Gasteiger partial charge on any atom is -0.369 e. The van der Waals surface area contributed by atoms with Crippen LogP contribution in [0.15, 0.2) is 0 Å². The first-order chi connectivity index (χ1) is 6.56. The van der Waals surface area contributed by atoms with Crippen LogP contribution in [0.2, 0.25) is 0 Å². The van der Waals surface area contributed by atoms with Crippen molar-refractivity contribution in [1.29, 1.82) is 0 Å². The predicted molar refractivity (Wildman–Crippen MR) is 52.5 cm³/mol. The van der Waals surface area contributed by atoms with E-state index >= 15 is 0 Å².